The molecule has 1 spiro atoms. The molecule has 0 aromatic rings. The molecular weight excluding hydrogens is 354 g/mol. The summed E-state index contributed by atoms with van der Waals surface area (Å²) >= 11 is 0. The van der Waals surface area contributed by atoms with Crippen LogP contribution in [0.4, 0.5) is 0 Å². The quantitative estimate of drug-likeness (QED) is 0.679. The number of carbonyl (C=O) groups excluding carboxylic acids is 1. The van der Waals surface area contributed by atoms with Crippen LogP contribution in [0.2, 0.25) is 0 Å². The van der Waals surface area contributed by atoms with Crippen LogP contribution in [0.25, 0.3) is 0 Å². The predicted molar refractivity (Wildman–Crippen MR) is 103 cm³/mol. The Balaban J connectivity index is 1.69. The average molecular weight is 386 g/mol. The summed E-state index contributed by atoms with van der Waals surface area (Å²) in [6.07, 6.45) is 4.61. The van der Waals surface area contributed by atoms with Crippen LogP contribution >= 0.6 is 0 Å². The average Bonchev–Trinajstić information content (AvgIpc) is 3.29. The Kier molecular flexibility index (Phi) is 3.22. The van der Waals surface area contributed by atoms with Crippen molar-refractivity contribution in [3.8, 4) is 0 Å². The molecule has 0 aromatic carbocycles. The molecule has 1 unspecified atom stereocenters. The smallest absolute Gasteiger partial charge is 0.334 e. The number of hydrogen-bond donors (Lipinski definition) is 2. The second-order valence-corrected chi connectivity index (χ2v) is 10.6. The van der Waals surface area contributed by atoms with Gasteiger partial charge >= 0.3 is 5.97 Å². The van der Waals surface area contributed by atoms with Gasteiger partial charge in [-0.05, 0) is 72.5 Å². The molecule has 7 atom stereocenters. The third-order valence-electron chi connectivity index (χ3n) is 9.96. The molecule has 2 N–H and O–H groups in total. The molecule has 3 fully saturated rings. The lowest BCUT2D eigenvalue weighted by molar-refractivity contribution is -0.292. The molecule has 1 saturated carbocycles. The summed E-state index contributed by atoms with van der Waals surface area (Å²) in [5, 5.41) is 23.8. The monoisotopic (exact) mass is 385 g/mol. The number of carbonyl (C=O) groups is 1. The van der Waals surface area contributed by atoms with Crippen LogP contribution in [-0.4, -0.2) is 53.1 Å². The van der Waals surface area contributed by atoms with Gasteiger partial charge in [0, 0.05) is 30.0 Å². The Morgan fingerprint density at radius 3 is 2.82 bits per heavy atom. The van der Waals surface area contributed by atoms with Crippen molar-refractivity contribution in [2.75, 3.05) is 20.2 Å². The van der Waals surface area contributed by atoms with Gasteiger partial charge in [0.25, 0.3) is 0 Å². The predicted octanol–water partition coefficient (Wildman–Crippen LogP) is 2.39. The number of piperidine rings is 1. The SMILES string of the molecule is COC(=O)C1=C2CCC3=C2[C@]2(C1)[C@@]1(C)CC[C@@H]4C(C)CN(C[C@H]1C[C@H]3O)[C@@]42O. The number of esters is 1. The lowest BCUT2D eigenvalue weighted by Crippen LogP contribution is -2.74. The minimum Gasteiger partial charge on any atom is -0.466 e. The van der Waals surface area contributed by atoms with Crippen molar-refractivity contribution in [3.05, 3.63) is 22.3 Å². The van der Waals surface area contributed by atoms with Gasteiger partial charge in [-0.15, -0.1) is 0 Å². The third kappa shape index (κ3) is 1.57. The van der Waals surface area contributed by atoms with E-state index in [-0.39, 0.29) is 17.3 Å². The minimum atomic E-state index is -0.925. The van der Waals surface area contributed by atoms with Crippen molar-refractivity contribution < 1.29 is 19.7 Å². The second-order valence-electron chi connectivity index (χ2n) is 10.6. The molecule has 5 nitrogen and oxygen atoms in total. The van der Waals surface area contributed by atoms with E-state index in [1.165, 1.54) is 7.11 Å². The molecular formula is C23H31NO4. The van der Waals surface area contributed by atoms with Gasteiger partial charge in [0.15, 0.2) is 0 Å². The van der Waals surface area contributed by atoms with Crippen molar-refractivity contribution in [2.45, 2.75) is 64.2 Å². The van der Waals surface area contributed by atoms with Crippen LogP contribution in [0.5, 0.6) is 0 Å². The maximum Gasteiger partial charge on any atom is 0.334 e. The fourth-order valence-electron chi connectivity index (χ4n) is 8.84. The first-order valence-electron chi connectivity index (χ1n) is 11.0. The summed E-state index contributed by atoms with van der Waals surface area (Å²) in [5.41, 5.74) is 2.60. The summed E-state index contributed by atoms with van der Waals surface area (Å²) in [6.45, 7) is 6.40. The molecule has 0 aromatic heterocycles. The molecule has 0 amide bonds. The Labute approximate surface area is 166 Å². The van der Waals surface area contributed by atoms with Crippen molar-refractivity contribution >= 4 is 5.97 Å². The zero-order valence-corrected chi connectivity index (χ0v) is 17.1. The summed E-state index contributed by atoms with van der Waals surface area (Å²) < 4.78 is 5.18. The van der Waals surface area contributed by atoms with Gasteiger partial charge in [0.2, 0.25) is 0 Å². The highest BCUT2D eigenvalue weighted by molar-refractivity contribution is 5.93. The van der Waals surface area contributed by atoms with Crippen LogP contribution < -0.4 is 0 Å². The fraction of sp³-hybridized carbons (Fsp3) is 0.783. The van der Waals surface area contributed by atoms with Gasteiger partial charge < -0.3 is 14.9 Å². The van der Waals surface area contributed by atoms with Crippen LogP contribution in [0.1, 0.15) is 52.4 Å². The number of nitrogens with zero attached hydrogens (tertiary/aromatic N) is 1. The number of rotatable bonds is 1. The molecule has 2 aliphatic heterocycles. The maximum absolute atomic E-state index is 12.8. The molecule has 0 radical (unpaired) electrons. The number of ether oxygens (including phenoxy) is 1. The Bertz CT molecular complexity index is 861. The molecule has 152 valence electrons. The molecule has 2 heterocycles. The van der Waals surface area contributed by atoms with Crippen LogP contribution in [-0.2, 0) is 9.53 Å². The second kappa shape index (κ2) is 5.11. The van der Waals surface area contributed by atoms with Crippen molar-refractivity contribution in [2.24, 2.45) is 28.6 Å². The number of methoxy groups -OCH3 is 1. The maximum atomic E-state index is 12.8. The highest BCUT2D eigenvalue weighted by atomic mass is 16.5. The third-order valence-corrected chi connectivity index (χ3v) is 9.96. The zero-order valence-electron chi connectivity index (χ0n) is 17.1. The minimum absolute atomic E-state index is 0.109. The largest absolute Gasteiger partial charge is 0.466 e. The van der Waals surface area contributed by atoms with E-state index in [1.54, 1.807) is 0 Å². The van der Waals surface area contributed by atoms with E-state index in [4.69, 9.17) is 4.74 Å². The number of hydrogen-bond acceptors (Lipinski definition) is 5. The molecule has 5 heteroatoms. The molecule has 28 heavy (non-hydrogen) atoms. The topological polar surface area (TPSA) is 70.0 Å². The molecule has 6 aliphatic rings. The first-order chi connectivity index (χ1) is 13.3. The van der Waals surface area contributed by atoms with Crippen molar-refractivity contribution in [3.63, 3.8) is 0 Å². The number of aliphatic hydroxyl groups is 2. The summed E-state index contributed by atoms with van der Waals surface area (Å²) in [6, 6.07) is 0. The van der Waals surface area contributed by atoms with Crippen LogP contribution in [0.15, 0.2) is 22.3 Å². The summed E-state index contributed by atoms with van der Waals surface area (Å²) in [4.78, 5) is 15.1. The van der Waals surface area contributed by atoms with Gasteiger partial charge in [-0.2, -0.15) is 0 Å². The normalized spacial score (nSPS) is 51.5. The molecule has 4 aliphatic carbocycles. The Morgan fingerprint density at radius 1 is 1.29 bits per heavy atom. The van der Waals surface area contributed by atoms with Gasteiger partial charge in [0.1, 0.15) is 5.72 Å². The van der Waals surface area contributed by atoms with Gasteiger partial charge in [-0.1, -0.05) is 13.8 Å². The number of aliphatic hydroxyl groups excluding tert-OH is 1. The highest BCUT2D eigenvalue weighted by Crippen LogP contribution is 2.78. The lowest BCUT2D eigenvalue weighted by atomic mass is 9.42. The van der Waals surface area contributed by atoms with Crippen molar-refractivity contribution in [1.82, 2.24) is 4.90 Å². The summed E-state index contributed by atoms with van der Waals surface area (Å²) in [5.74, 6) is 0.760. The van der Waals surface area contributed by atoms with E-state index in [9.17, 15) is 15.0 Å². The van der Waals surface area contributed by atoms with E-state index in [1.807, 2.05) is 0 Å². The zero-order chi connectivity index (χ0) is 19.6. The van der Waals surface area contributed by atoms with Gasteiger partial charge in [-0.3, -0.25) is 4.90 Å². The first-order valence-corrected chi connectivity index (χ1v) is 11.0. The summed E-state index contributed by atoms with van der Waals surface area (Å²) in [7, 11) is 1.46. The fourth-order valence-corrected chi connectivity index (χ4v) is 8.84. The molecule has 6 rings (SSSR count). The van der Waals surface area contributed by atoms with E-state index in [0.29, 0.717) is 18.3 Å². The van der Waals surface area contributed by atoms with E-state index in [2.05, 4.69) is 18.7 Å². The Hall–Kier alpha value is -1.17. The van der Waals surface area contributed by atoms with Gasteiger partial charge in [0.05, 0.1) is 13.2 Å². The van der Waals surface area contributed by atoms with E-state index in [0.717, 1.165) is 67.5 Å². The van der Waals surface area contributed by atoms with E-state index >= 15 is 0 Å². The molecule has 2 saturated heterocycles. The molecule has 4 bridgehead atoms. The highest BCUT2D eigenvalue weighted by Gasteiger charge is 2.79. The standard InChI is InChI=1S/C23H31NO4/c1-12-10-24-11-13-8-18(25)15-5-4-14-16(20(26)28-3)9-22(19(14)15)21(13,2)7-6-17(12)23(22,24)27/h12-13,17-18,25,27H,4-11H2,1-3H3/t12?,13-,17-,18-,21+,22-,23-/m1/s1. The Morgan fingerprint density at radius 2 is 2.07 bits per heavy atom. The van der Waals surface area contributed by atoms with Crippen LogP contribution in [0.3, 0.4) is 0 Å². The van der Waals surface area contributed by atoms with E-state index < -0.39 is 17.2 Å². The van der Waals surface area contributed by atoms with Crippen LogP contribution in [0, 0.1) is 28.6 Å². The first kappa shape index (κ1) is 17.7. The number of allylic oxidation sites excluding steroid dienone is 1. The van der Waals surface area contributed by atoms with Crippen molar-refractivity contribution in [1.29, 1.82) is 0 Å². The van der Waals surface area contributed by atoms with Gasteiger partial charge in [-0.25, -0.2) is 4.79 Å². The lowest BCUT2D eigenvalue weighted by Gasteiger charge is -2.69.